The number of hydrogen-bond acceptors (Lipinski definition) is 4. The zero-order valence-electron chi connectivity index (χ0n) is 18.7. The zero-order chi connectivity index (χ0) is 21.3. The predicted molar refractivity (Wildman–Crippen MR) is 139 cm³/mol. The van der Waals surface area contributed by atoms with Crippen LogP contribution in [0.15, 0.2) is 29.3 Å². The topological polar surface area (TPSA) is 54.4 Å². The second-order valence-corrected chi connectivity index (χ2v) is 8.58. The molecule has 0 aliphatic carbocycles. The fraction of sp³-hybridized carbons (Fsp3) is 0.636. The van der Waals surface area contributed by atoms with Gasteiger partial charge in [-0.25, -0.2) is 0 Å². The summed E-state index contributed by atoms with van der Waals surface area (Å²) in [5.74, 6) is 1.09. The summed E-state index contributed by atoms with van der Waals surface area (Å²) in [6.07, 6.45) is 1.63. The molecule has 0 saturated carbocycles. The van der Waals surface area contributed by atoms with Gasteiger partial charge in [-0.3, -0.25) is 9.79 Å². The summed E-state index contributed by atoms with van der Waals surface area (Å²) in [5, 5.41) is 4.18. The van der Waals surface area contributed by atoms with Crippen molar-refractivity contribution in [3.63, 3.8) is 0 Å². The van der Waals surface area contributed by atoms with Gasteiger partial charge in [-0.05, 0) is 44.3 Å². The molecule has 0 atom stereocenters. The van der Waals surface area contributed by atoms with Crippen LogP contribution < -0.4 is 5.32 Å². The number of nitrogens with one attached hydrogen (secondary N) is 1. The van der Waals surface area contributed by atoms with Gasteiger partial charge in [-0.2, -0.15) is 0 Å². The normalized spacial score (nSPS) is 19.0. The Morgan fingerprint density at radius 3 is 2.52 bits per heavy atom. The second kappa shape index (κ2) is 13.4. The van der Waals surface area contributed by atoms with Gasteiger partial charge in [0.1, 0.15) is 0 Å². The van der Waals surface area contributed by atoms with Gasteiger partial charge in [0.15, 0.2) is 5.96 Å². The van der Waals surface area contributed by atoms with Gasteiger partial charge in [0.25, 0.3) is 0 Å². The van der Waals surface area contributed by atoms with Crippen molar-refractivity contribution in [1.29, 1.82) is 0 Å². The Morgan fingerprint density at radius 2 is 1.81 bits per heavy atom. The fourth-order valence-corrected chi connectivity index (χ4v) is 4.30. The van der Waals surface area contributed by atoms with Crippen molar-refractivity contribution in [3.8, 4) is 0 Å². The first-order valence-electron chi connectivity index (χ1n) is 10.9. The Bertz CT molecular complexity index is 726. The van der Waals surface area contributed by atoms with Crippen molar-refractivity contribution in [2.45, 2.75) is 12.8 Å². The van der Waals surface area contributed by atoms with Crippen LogP contribution in [0.5, 0.6) is 0 Å². The predicted octanol–water partition coefficient (Wildman–Crippen LogP) is 1.86. The van der Waals surface area contributed by atoms with Crippen molar-refractivity contribution in [2.24, 2.45) is 4.99 Å². The summed E-state index contributed by atoms with van der Waals surface area (Å²) in [6.45, 7) is 9.59. The molecule has 1 aromatic rings. The van der Waals surface area contributed by atoms with E-state index in [4.69, 9.17) is 11.6 Å². The maximum absolute atomic E-state index is 12.6. The van der Waals surface area contributed by atoms with Crippen molar-refractivity contribution < 1.29 is 4.79 Å². The first-order valence-corrected chi connectivity index (χ1v) is 11.3. The maximum Gasteiger partial charge on any atom is 0.227 e. The third-order valence-corrected chi connectivity index (χ3v) is 6.15. The molecular formula is C22H36ClIN6O. The lowest BCUT2D eigenvalue weighted by molar-refractivity contribution is -0.131. The number of piperazine rings is 1. The van der Waals surface area contributed by atoms with Gasteiger partial charge in [0.05, 0.1) is 6.42 Å². The number of aliphatic imine (C=N–C) groups is 1. The average Bonchev–Trinajstić information content (AvgIpc) is 2.95. The minimum absolute atomic E-state index is 0. The summed E-state index contributed by atoms with van der Waals surface area (Å²) >= 11 is 6.03. The monoisotopic (exact) mass is 562 g/mol. The fourth-order valence-electron chi connectivity index (χ4n) is 4.08. The van der Waals surface area contributed by atoms with E-state index in [1.165, 1.54) is 13.0 Å². The molecule has 1 amide bonds. The molecule has 0 bridgehead atoms. The van der Waals surface area contributed by atoms with Gasteiger partial charge in [0, 0.05) is 64.4 Å². The molecule has 2 heterocycles. The minimum atomic E-state index is 0. The number of carbonyl (C=O) groups is 1. The van der Waals surface area contributed by atoms with Crippen LogP contribution in [0.4, 0.5) is 0 Å². The summed E-state index contributed by atoms with van der Waals surface area (Å²) < 4.78 is 0. The molecule has 0 aromatic heterocycles. The standard InChI is InChI=1S/C22H35ClN6O.HI/c1-24-22(25-7-10-27-9-4-8-26(2)11-12-27)29-15-13-28(14-16-29)21(30)18-19-5-3-6-20(23)17-19;/h3,5-6,17H,4,7-16,18H2,1-2H3,(H,24,25);1H. The molecule has 3 rings (SSSR count). The molecule has 9 heteroatoms. The molecule has 0 radical (unpaired) electrons. The lowest BCUT2D eigenvalue weighted by atomic mass is 10.1. The highest BCUT2D eigenvalue weighted by Gasteiger charge is 2.23. The Balaban J connectivity index is 0.00000341. The van der Waals surface area contributed by atoms with Crippen LogP contribution in [0.1, 0.15) is 12.0 Å². The number of benzene rings is 1. The molecule has 2 aliphatic rings. The van der Waals surface area contributed by atoms with E-state index in [2.05, 4.69) is 32.1 Å². The molecule has 0 unspecified atom stereocenters. The van der Waals surface area contributed by atoms with Gasteiger partial charge >= 0.3 is 0 Å². The minimum Gasteiger partial charge on any atom is -0.355 e. The third kappa shape index (κ3) is 8.40. The maximum atomic E-state index is 12.6. The lowest BCUT2D eigenvalue weighted by Gasteiger charge is -2.36. The Kier molecular flexibility index (Phi) is 11.3. The van der Waals surface area contributed by atoms with Gasteiger partial charge < -0.3 is 24.9 Å². The van der Waals surface area contributed by atoms with Crippen LogP contribution in [-0.2, 0) is 11.2 Å². The van der Waals surface area contributed by atoms with E-state index in [1.54, 1.807) is 0 Å². The molecular weight excluding hydrogens is 527 g/mol. The van der Waals surface area contributed by atoms with Crippen molar-refractivity contribution in [2.75, 3.05) is 79.5 Å². The molecule has 2 aliphatic heterocycles. The van der Waals surface area contributed by atoms with E-state index < -0.39 is 0 Å². The Morgan fingerprint density at radius 1 is 1.06 bits per heavy atom. The van der Waals surface area contributed by atoms with Crippen LogP contribution in [0.25, 0.3) is 0 Å². The number of guanidine groups is 1. The van der Waals surface area contributed by atoms with E-state index in [-0.39, 0.29) is 29.9 Å². The number of nitrogens with zero attached hydrogens (tertiary/aromatic N) is 5. The van der Waals surface area contributed by atoms with Crippen molar-refractivity contribution in [3.05, 3.63) is 34.9 Å². The highest BCUT2D eigenvalue weighted by Crippen LogP contribution is 2.13. The number of hydrogen-bond donors (Lipinski definition) is 1. The highest BCUT2D eigenvalue weighted by molar-refractivity contribution is 14.0. The van der Waals surface area contributed by atoms with Crippen molar-refractivity contribution >= 4 is 47.4 Å². The first-order chi connectivity index (χ1) is 14.5. The number of amides is 1. The van der Waals surface area contributed by atoms with Crippen LogP contribution in [0.2, 0.25) is 5.02 Å². The molecule has 2 saturated heterocycles. The van der Waals surface area contributed by atoms with Crippen LogP contribution in [0.3, 0.4) is 0 Å². The first kappa shape index (κ1) is 26.2. The van der Waals surface area contributed by atoms with Gasteiger partial charge in [0.2, 0.25) is 5.91 Å². The number of likely N-dealkylation sites (N-methyl/N-ethyl adjacent to an activating group) is 1. The average molecular weight is 563 g/mol. The second-order valence-electron chi connectivity index (χ2n) is 8.15. The smallest absolute Gasteiger partial charge is 0.227 e. The largest absolute Gasteiger partial charge is 0.355 e. The van der Waals surface area contributed by atoms with Gasteiger partial charge in [-0.15, -0.1) is 24.0 Å². The van der Waals surface area contributed by atoms with Gasteiger partial charge in [-0.1, -0.05) is 23.7 Å². The van der Waals surface area contributed by atoms with E-state index >= 15 is 0 Å². The van der Waals surface area contributed by atoms with E-state index in [1.807, 2.05) is 36.2 Å². The summed E-state index contributed by atoms with van der Waals surface area (Å²) in [7, 11) is 4.03. The summed E-state index contributed by atoms with van der Waals surface area (Å²) in [4.78, 5) is 26.2. The summed E-state index contributed by atoms with van der Waals surface area (Å²) in [6, 6.07) is 7.54. The molecule has 31 heavy (non-hydrogen) atoms. The quantitative estimate of drug-likeness (QED) is 0.337. The highest BCUT2D eigenvalue weighted by atomic mass is 127. The SMILES string of the molecule is CN=C(NCCN1CCCN(C)CC1)N1CCN(C(=O)Cc2cccc(Cl)c2)CC1.I. The molecule has 7 nitrogen and oxygen atoms in total. The molecule has 2 fully saturated rings. The summed E-state index contributed by atoms with van der Waals surface area (Å²) in [5.41, 5.74) is 0.965. The molecule has 174 valence electrons. The van der Waals surface area contributed by atoms with Crippen LogP contribution >= 0.6 is 35.6 Å². The Hall–Kier alpha value is -1.10. The van der Waals surface area contributed by atoms with E-state index in [9.17, 15) is 4.79 Å². The number of rotatable bonds is 5. The lowest BCUT2D eigenvalue weighted by Crippen LogP contribution is -2.54. The van der Waals surface area contributed by atoms with Crippen molar-refractivity contribution in [1.82, 2.24) is 24.9 Å². The number of halogens is 2. The number of carbonyl (C=O) groups excluding carboxylic acids is 1. The zero-order valence-corrected chi connectivity index (χ0v) is 21.8. The van der Waals surface area contributed by atoms with E-state index in [0.717, 1.165) is 70.4 Å². The Labute approximate surface area is 208 Å². The van der Waals surface area contributed by atoms with Crippen LogP contribution in [0, 0.1) is 0 Å². The molecule has 0 spiro atoms. The third-order valence-electron chi connectivity index (χ3n) is 5.91. The van der Waals surface area contributed by atoms with Crippen LogP contribution in [-0.4, -0.2) is 111 Å². The molecule has 1 N–H and O–H groups in total. The molecule has 1 aromatic carbocycles. The van der Waals surface area contributed by atoms with E-state index in [0.29, 0.717) is 11.4 Å².